The van der Waals surface area contributed by atoms with Gasteiger partial charge in [-0.25, -0.2) is 4.79 Å². The van der Waals surface area contributed by atoms with Crippen LogP contribution >= 0.6 is 0 Å². The lowest BCUT2D eigenvalue weighted by Gasteiger charge is -2.07. The number of ketones is 1. The third-order valence-corrected chi connectivity index (χ3v) is 2.11. The summed E-state index contributed by atoms with van der Waals surface area (Å²) < 4.78 is 36.3. The number of carbonyl (C=O) groups excluding carboxylic acids is 2. The number of rotatable bonds is 3. The average Bonchev–Trinajstić information content (AvgIpc) is 2.78. The highest BCUT2D eigenvalue weighted by Gasteiger charge is 2.38. The van der Waals surface area contributed by atoms with Crippen molar-refractivity contribution >= 4 is 17.7 Å². The smallest absolute Gasteiger partial charge is 0.475 e. The fraction of sp³-hybridized carbons (Fsp3) is 0.700. The lowest BCUT2D eigenvalue weighted by atomic mass is 10.1. The maximum Gasteiger partial charge on any atom is 0.490 e. The molecule has 1 heterocycles. The van der Waals surface area contributed by atoms with Crippen LogP contribution in [0.25, 0.3) is 0 Å². The topological polar surface area (TPSA) is 92.7 Å². The second-order valence-electron chi connectivity index (χ2n) is 3.70. The van der Waals surface area contributed by atoms with E-state index in [-0.39, 0.29) is 18.4 Å². The zero-order valence-corrected chi connectivity index (χ0v) is 10.1. The Bertz CT molecular complexity index is 337. The standard InChI is InChI=1S/C8H13NO3.C2HF3O2/c1-6(10)12-5-8(11)7-3-2-4-9-7;3-2(4,5)1(6)7/h7,9H,2-5H2,1H3;(H,6,7). The van der Waals surface area contributed by atoms with E-state index >= 15 is 0 Å². The number of aliphatic carboxylic acids is 1. The molecule has 9 heteroatoms. The van der Waals surface area contributed by atoms with Crippen LogP contribution in [-0.2, 0) is 19.1 Å². The molecule has 1 aliphatic heterocycles. The Kier molecular flexibility index (Phi) is 7.05. The average molecular weight is 285 g/mol. The molecule has 0 radical (unpaired) electrons. The highest BCUT2D eigenvalue weighted by atomic mass is 19.4. The number of alkyl halides is 3. The van der Waals surface area contributed by atoms with Crippen molar-refractivity contribution in [1.29, 1.82) is 0 Å². The van der Waals surface area contributed by atoms with Crippen LogP contribution in [0.3, 0.4) is 0 Å². The third-order valence-electron chi connectivity index (χ3n) is 2.11. The zero-order valence-electron chi connectivity index (χ0n) is 10.1. The Balaban J connectivity index is 0.000000399. The second-order valence-corrected chi connectivity index (χ2v) is 3.70. The van der Waals surface area contributed by atoms with Crippen molar-refractivity contribution in [1.82, 2.24) is 5.32 Å². The molecule has 110 valence electrons. The maximum atomic E-state index is 11.2. The van der Waals surface area contributed by atoms with Crippen LogP contribution < -0.4 is 5.32 Å². The van der Waals surface area contributed by atoms with E-state index in [1.807, 2.05) is 0 Å². The number of ether oxygens (including phenoxy) is 1. The minimum Gasteiger partial charge on any atom is -0.475 e. The molecule has 0 aliphatic carbocycles. The molecule has 0 amide bonds. The van der Waals surface area contributed by atoms with Crippen molar-refractivity contribution in [3.63, 3.8) is 0 Å². The SMILES string of the molecule is CC(=O)OCC(=O)C1CCCN1.O=C(O)C(F)(F)F. The van der Waals surface area contributed by atoms with Crippen LogP contribution in [0.2, 0.25) is 0 Å². The molecule has 1 fully saturated rings. The van der Waals surface area contributed by atoms with Gasteiger partial charge in [0.2, 0.25) is 0 Å². The van der Waals surface area contributed by atoms with Crippen LogP contribution in [0.1, 0.15) is 19.8 Å². The lowest BCUT2D eigenvalue weighted by Crippen LogP contribution is -2.33. The van der Waals surface area contributed by atoms with Crippen LogP contribution in [0.5, 0.6) is 0 Å². The van der Waals surface area contributed by atoms with E-state index in [4.69, 9.17) is 9.90 Å². The fourth-order valence-electron chi connectivity index (χ4n) is 1.23. The number of halogens is 3. The van der Waals surface area contributed by atoms with Crippen molar-refractivity contribution < 1.29 is 37.4 Å². The molecule has 0 saturated carbocycles. The quantitative estimate of drug-likeness (QED) is 0.734. The molecule has 1 saturated heterocycles. The summed E-state index contributed by atoms with van der Waals surface area (Å²) in [6.45, 7) is 2.10. The van der Waals surface area contributed by atoms with Crippen molar-refractivity contribution in [3.05, 3.63) is 0 Å². The Morgan fingerprint density at radius 3 is 2.21 bits per heavy atom. The van der Waals surface area contributed by atoms with Gasteiger partial charge in [0, 0.05) is 6.92 Å². The summed E-state index contributed by atoms with van der Waals surface area (Å²) >= 11 is 0. The van der Waals surface area contributed by atoms with E-state index < -0.39 is 18.1 Å². The molecule has 0 aromatic carbocycles. The predicted octanol–water partition coefficient (Wildman–Crippen LogP) is 0.504. The molecule has 19 heavy (non-hydrogen) atoms. The number of nitrogens with one attached hydrogen (secondary N) is 1. The van der Waals surface area contributed by atoms with Gasteiger partial charge in [-0.15, -0.1) is 0 Å². The minimum atomic E-state index is -5.08. The summed E-state index contributed by atoms with van der Waals surface area (Å²) in [6, 6.07) is -0.0932. The van der Waals surface area contributed by atoms with E-state index in [1.165, 1.54) is 6.92 Å². The van der Waals surface area contributed by atoms with Crippen LogP contribution in [0.4, 0.5) is 13.2 Å². The molecule has 1 rings (SSSR count). The molecule has 6 nitrogen and oxygen atoms in total. The minimum absolute atomic E-state index is 0.0253. The van der Waals surface area contributed by atoms with Crippen molar-refractivity contribution in [2.75, 3.05) is 13.2 Å². The fourth-order valence-corrected chi connectivity index (χ4v) is 1.23. The Morgan fingerprint density at radius 2 is 1.89 bits per heavy atom. The predicted molar refractivity (Wildman–Crippen MR) is 56.4 cm³/mol. The van der Waals surface area contributed by atoms with Gasteiger partial charge < -0.3 is 15.2 Å². The van der Waals surface area contributed by atoms with Gasteiger partial charge in [-0.2, -0.15) is 13.2 Å². The van der Waals surface area contributed by atoms with E-state index in [0.29, 0.717) is 0 Å². The van der Waals surface area contributed by atoms with Gasteiger partial charge in [0.25, 0.3) is 0 Å². The number of esters is 1. The normalized spacial score (nSPS) is 18.2. The van der Waals surface area contributed by atoms with Crippen LogP contribution in [0.15, 0.2) is 0 Å². The van der Waals surface area contributed by atoms with Crippen LogP contribution in [0, 0.1) is 0 Å². The summed E-state index contributed by atoms with van der Waals surface area (Å²) in [7, 11) is 0. The molecular weight excluding hydrogens is 271 g/mol. The summed E-state index contributed by atoms with van der Waals surface area (Å²) in [6.07, 6.45) is -3.20. The first-order chi connectivity index (χ1) is 8.64. The first kappa shape index (κ1) is 17.4. The van der Waals surface area contributed by atoms with Crippen molar-refractivity contribution in [2.24, 2.45) is 0 Å². The lowest BCUT2D eigenvalue weighted by molar-refractivity contribution is -0.192. The van der Waals surface area contributed by atoms with Gasteiger partial charge in [0.05, 0.1) is 6.04 Å². The first-order valence-corrected chi connectivity index (χ1v) is 5.34. The number of carboxylic acid groups (broad SMARTS) is 1. The van der Waals surface area contributed by atoms with Crippen LogP contribution in [-0.4, -0.2) is 48.2 Å². The van der Waals surface area contributed by atoms with Gasteiger partial charge in [0.15, 0.2) is 12.4 Å². The molecule has 0 bridgehead atoms. The largest absolute Gasteiger partial charge is 0.490 e. The summed E-state index contributed by atoms with van der Waals surface area (Å²) in [5.74, 6) is -3.18. The summed E-state index contributed by atoms with van der Waals surface area (Å²) in [5.41, 5.74) is 0. The Hall–Kier alpha value is -1.64. The Labute approximate surface area is 106 Å². The Morgan fingerprint density at radius 1 is 1.37 bits per heavy atom. The monoisotopic (exact) mass is 285 g/mol. The van der Waals surface area contributed by atoms with Gasteiger partial charge in [0.1, 0.15) is 0 Å². The van der Waals surface area contributed by atoms with Gasteiger partial charge in [-0.1, -0.05) is 0 Å². The number of Topliss-reactive ketones (excluding diaryl/α,β-unsaturated/α-hetero) is 1. The highest BCUT2D eigenvalue weighted by Crippen LogP contribution is 2.13. The molecule has 1 atom stereocenters. The molecule has 2 N–H and O–H groups in total. The first-order valence-electron chi connectivity index (χ1n) is 5.34. The van der Waals surface area contributed by atoms with E-state index in [9.17, 15) is 22.8 Å². The molecule has 0 aromatic heterocycles. The van der Waals surface area contributed by atoms with E-state index in [2.05, 4.69) is 10.1 Å². The molecule has 1 aliphatic rings. The number of hydrogen-bond acceptors (Lipinski definition) is 5. The molecular formula is C10H14F3NO5. The van der Waals surface area contributed by atoms with Gasteiger partial charge in [-0.05, 0) is 19.4 Å². The number of hydrogen-bond donors (Lipinski definition) is 2. The molecule has 1 unspecified atom stereocenters. The highest BCUT2D eigenvalue weighted by molar-refractivity contribution is 5.86. The second kappa shape index (κ2) is 7.72. The third kappa shape index (κ3) is 8.14. The summed E-state index contributed by atoms with van der Waals surface area (Å²) in [4.78, 5) is 30.5. The van der Waals surface area contributed by atoms with Gasteiger partial charge >= 0.3 is 18.1 Å². The molecule has 0 spiro atoms. The molecule has 0 aromatic rings. The van der Waals surface area contributed by atoms with E-state index in [0.717, 1.165) is 19.4 Å². The van der Waals surface area contributed by atoms with E-state index in [1.54, 1.807) is 0 Å². The number of carboxylic acids is 1. The maximum absolute atomic E-state index is 11.2. The zero-order chi connectivity index (χ0) is 15.1. The van der Waals surface area contributed by atoms with Crippen molar-refractivity contribution in [3.8, 4) is 0 Å². The number of carbonyl (C=O) groups is 3. The van der Waals surface area contributed by atoms with Crippen molar-refractivity contribution in [2.45, 2.75) is 32.0 Å². The summed E-state index contributed by atoms with van der Waals surface area (Å²) in [5, 5.41) is 10.2. The van der Waals surface area contributed by atoms with Gasteiger partial charge in [-0.3, -0.25) is 9.59 Å².